The zero-order valence-corrected chi connectivity index (χ0v) is 24.6. The minimum absolute atomic E-state index is 0.121. The van der Waals surface area contributed by atoms with Crippen molar-refractivity contribution < 1.29 is 29.0 Å². The summed E-state index contributed by atoms with van der Waals surface area (Å²) in [6.07, 6.45) is 5.77. The lowest BCUT2D eigenvalue weighted by Gasteiger charge is -2.39. The Bertz CT molecular complexity index is 966. The van der Waals surface area contributed by atoms with E-state index in [9.17, 15) is 19.5 Å². The third-order valence-corrected chi connectivity index (χ3v) is 9.40. The number of hydrogen-bond donors (Lipinski definition) is 1. The van der Waals surface area contributed by atoms with Crippen LogP contribution in [0.1, 0.15) is 46.5 Å². The van der Waals surface area contributed by atoms with E-state index in [1.54, 1.807) is 26.9 Å². The van der Waals surface area contributed by atoms with Crippen LogP contribution in [-0.4, -0.2) is 131 Å². The Morgan fingerprint density at radius 1 is 1.10 bits per heavy atom. The summed E-state index contributed by atoms with van der Waals surface area (Å²) in [6, 6.07) is -1.46. The first kappa shape index (κ1) is 30.7. The summed E-state index contributed by atoms with van der Waals surface area (Å²) in [5, 5.41) is 10.3. The highest BCUT2D eigenvalue weighted by molar-refractivity contribution is 5.99. The number of amides is 3. The molecule has 224 valence electrons. The second kappa shape index (κ2) is 12.7. The molecule has 1 spiro atoms. The predicted octanol–water partition coefficient (Wildman–Crippen LogP) is 1.29. The third kappa shape index (κ3) is 5.24. The van der Waals surface area contributed by atoms with E-state index in [1.165, 1.54) is 0 Å². The molecule has 0 aromatic rings. The van der Waals surface area contributed by atoms with Gasteiger partial charge in [-0.3, -0.25) is 19.3 Å². The lowest BCUT2D eigenvalue weighted by molar-refractivity contribution is -0.156. The van der Waals surface area contributed by atoms with Crippen LogP contribution in [0, 0.1) is 11.8 Å². The molecule has 4 saturated heterocycles. The van der Waals surface area contributed by atoms with Crippen LogP contribution >= 0.6 is 0 Å². The number of aliphatic hydroxyl groups is 1. The van der Waals surface area contributed by atoms with E-state index in [0.717, 1.165) is 19.5 Å². The van der Waals surface area contributed by atoms with Crippen molar-refractivity contribution in [3.8, 4) is 0 Å². The molecule has 4 fully saturated rings. The second-order valence-corrected chi connectivity index (χ2v) is 11.8. The van der Waals surface area contributed by atoms with Gasteiger partial charge in [-0.15, -0.1) is 13.2 Å². The van der Waals surface area contributed by atoms with E-state index in [1.807, 2.05) is 20.8 Å². The highest BCUT2D eigenvalue weighted by Gasteiger charge is 2.78. The molecule has 4 aliphatic heterocycles. The zero-order valence-electron chi connectivity index (χ0n) is 24.6. The summed E-state index contributed by atoms with van der Waals surface area (Å²) in [5.74, 6) is -2.06. The molecule has 1 N–H and O–H groups in total. The van der Waals surface area contributed by atoms with Gasteiger partial charge in [0.15, 0.2) is 0 Å². The van der Waals surface area contributed by atoms with Crippen molar-refractivity contribution in [3.63, 3.8) is 0 Å². The van der Waals surface area contributed by atoms with Crippen molar-refractivity contribution in [1.82, 2.24) is 19.6 Å². The molecule has 3 amide bonds. The van der Waals surface area contributed by atoms with Crippen LogP contribution in [0.15, 0.2) is 25.3 Å². The summed E-state index contributed by atoms with van der Waals surface area (Å²) in [6.45, 7) is 18.7. The topological polar surface area (TPSA) is 103 Å². The van der Waals surface area contributed by atoms with Crippen LogP contribution in [0.2, 0.25) is 0 Å². The number of ether oxygens (including phenoxy) is 2. The van der Waals surface area contributed by atoms with Crippen LogP contribution in [-0.2, 0) is 23.9 Å². The van der Waals surface area contributed by atoms with Crippen LogP contribution in [0.3, 0.4) is 0 Å². The standard InChI is InChI=1S/C30H48N4O6/c1-6-12-32(13-7-2)26(36)23-24-27(37)34(22(9-4)21-35)25(30(24)11-10-29(23,5)40-30)28(38)33(14-8-3)16-15-31-17-19-39-20-18-31/h6,8,22-25,35H,1,3,7,9-21H2,2,4-5H3/t22-,23+,24-,25?,29-,30?/m0/s1. The molecule has 0 aliphatic carbocycles. The summed E-state index contributed by atoms with van der Waals surface area (Å²) in [4.78, 5) is 50.3. The lowest BCUT2D eigenvalue weighted by atomic mass is 9.66. The van der Waals surface area contributed by atoms with Crippen LogP contribution in [0.5, 0.6) is 0 Å². The third-order valence-electron chi connectivity index (χ3n) is 9.40. The second-order valence-electron chi connectivity index (χ2n) is 11.8. The fourth-order valence-electron chi connectivity index (χ4n) is 7.45. The molecule has 10 heteroatoms. The molecule has 10 nitrogen and oxygen atoms in total. The lowest BCUT2D eigenvalue weighted by Crippen LogP contribution is -2.59. The first-order chi connectivity index (χ1) is 19.2. The molecule has 4 aliphatic rings. The van der Waals surface area contributed by atoms with Crippen molar-refractivity contribution in [2.24, 2.45) is 11.8 Å². The summed E-state index contributed by atoms with van der Waals surface area (Å²) >= 11 is 0. The van der Waals surface area contributed by atoms with E-state index in [2.05, 4.69) is 18.1 Å². The van der Waals surface area contributed by atoms with Crippen molar-refractivity contribution in [2.75, 3.05) is 65.6 Å². The maximum Gasteiger partial charge on any atom is 0.248 e. The fourth-order valence-corrected chi connectivity index (χ4v) is 7.45. The Morgan fingerprint density at radius 3 is 2.33 bits per heavy atom. The number of hydrogen-bond acceptors (Lipinski definition) is 7. The number of morpholine rings is 1. The van der Waals surface area contributed by atoms with Crippen molar-refractivity contribution in [2.45, 2.75) is 69.7 Å². The smallest absolute Gasteiger partial charge is 0.248 e. The van der Waals surface area contributed by atoms with Gasteiger partial charge in [0.05, 0.1) is 43.3 Å². The Kier molecular flexibility index (Phi) is 9.75. The number of carbonyl (C=O) groups is 3. The predicted molar refractivity (Wildman–Crippen MR) is 151 cm³/mol. The number of carbonyl (C=O) groups excluding carboxylic acids is 3. The van der Waals surface area contributed by atoms with Crippen molar-refractivity contribution in [3.05, 3.63) is 25.3 Å². The van der Waals surface area contributed by atoms with E-state index >= 15 is 0 Å². The van der Waals surface area contributed by atoms with Gasteiger partial charge in [0.1, 0.15) is 11.6 Å². The highest BCUT2D eigenvalue weighted by Crippen LogP contribution is 2.64. The highest BCUT2D eigenvalue weighted by atomic mass is 16.5. The molecule has 0 radical (unpaired) electrons. The number of nitrogens with zero attached hydrogens (tertiary/aromatic N) is 4. The van der Waals surface area contributed by atoms with Crippen molar-refractivity contribution in [1.29, 1.82) is 0 Å². The molecule has 0 saturated carbocycles. The van der Waals surface area contributed by atoms with E-state index < -0.39 is 35.1 Å². The summed E-state index contributed by atoms with van der Waals surface area (Å²) in [5.41, 5.74) is -1.95. The summed E-state index contributed by atoms with van der Waals surface area (Å²) in [7, 11) is 0. The van der Waals surface area contributed by atoms with Crippen molar-refractivity contribution >= 4 is 17.7 Å². The van der Waals surface area contributed by atoms with Crippen LogP contribution < -0.4 is 0 Å². The van der Waals surface area contributed by atoms with Gasteiger partial charge in [0, 0.05) is 45.8 Å². The number of fused-ring (bicyclic) bond motifs is 1. The molecule has 40 heavy (non-hydrogen) atoms. The van der Waals surface area contributed by atoms with E-state index in [-0.39, 0.29) is 24.3 Å². The van der Waals surface area contributed by atoms with Gasteiger partial charge in [-0.2, -0.15) is 0 Å². The molecule has 4 rings (SSSR count). The SMILES string of the molecule is C=CCN(CCN1CCOCC1)C(=O)C1N([C@@H](CC)CO)C(=O)[C@@H]2[C@H](C(=O)N(CC=C)CCC)[C@]3(C)CCC12O3. The normalized spacial score (nSPS) is 32.1. The van der Waals surface area contributed by atoms with E-state index in [0.29, 0.717) is 65.2 Å². The maximum absolute atomic E-state index is 14.5. The van der Waals surface area contributed by atoms with Gasteiger partial charge >= 0.3 is 0 Å². The van der Waals surface area contributed by atoms with Crippen LogP contribution in [0.25, 0.3) is 0 Å². The minimum Gasteiger partial charge on any atom is -0.394 e. The molecule has 4 heterocycles. The van der Waals surface area contributed by atoms with Gasteiger partial charge in [-0.25, -0.2) is 0 Å². The van der Waals surface area contributed by atoms with Gasteiger partial charge in [-0.05, 0) is 32.6 Å². The van der Waals surface area contributed by atoms with Gasteiger partial charge in [-0.1, -0.05) is 26.0 Å². The monoisotopic (exact) mass is 560 g/mol. The molecule has 6 atom stereocenters. The molecule has 2 unspecified atom stereocenters. The Morgan fingerprint density at radius 2 is 1.75 bits per heavy atom. The molecule has 0 aromatic carbocycles. The zero-order chi connectivity index (χ0) is 29.1. The van der Waals surface area contributed by atoms with Crippen LogP contribution in [0.4, 0.5) is 0 Å². The Hall–Kier alpha value is -2.27. The first-order valence-electron chi connectivity index (χ1n) is 15.0. The molecule has 0 aromatic heterocycles. The summed E-state index contributed by atoms with van der Waals surface area (Å²) < 4.78 is 12.3. The molecule has 2 bridgehead atoms. The van der Waals surface area contributed by atoms with E-state index in [4.69, 9.17) is 9.47 Å². The quantitative estimate of drug-likeness (QED) is 0.320. The minimum atomic E-state index is -1.11. The largest absolute Gasteiger partial charge is 0.394 e. The Labute approximate surface area is 238 Å². The van der Waals surface area contributed by atoms with Gasteiger partial charge in [0.2, 0.25) is 17.7 Å². The van der Waals surface area contributed by atoms with Gasteiger partial charge < -0.3 is 29.3 Å². The number of aliphatic hydroxyl groups excluding tert-OH is 1. The van der Waals surface area contributed by atoms with Gasteiger partial charge in [0.25, 0.3) is 0 Å². The maximum atomic E-state index is 14.5. The average Bonchev–Trinajstić information content (AvgIpc) is 3.52. The molecular formula is C30H48N4O6. The number of likely N-dealkylation sites (tertiary alicyclic amines) is 1. The fraction of sp³-hybridized carbons (Fsp3) is 0.767. The molecular weight excluding hydrogens is 512 g/mol. The number of rotatable bonds is 14. The average molecular weight is 561 g/mol. The first-order valence-corrected chi connectivity index (χ1v) is 15.0. The Balaban J connectivity index is 1.71.